The molecule has 1 N–H and O–H groups in total. The average molecular weight is 247 g/mol. The molecule has 1 saturated heterocycles. The third-order valence-corrected chi connectivity index (χ3v) is 3.22. The summed E-state index contributed by atoms with van der Waals surface area (Å²) in [6.07, 6.45) is 4.61. The van der Waals surface area contributed by atoms with Crippen LogP contribution < -0.4 is 10.2 Å². The molecule has 100 valence electrons. The van der Waals surface area contributed by atoms with Crippen LogP contribution in [0.15, 0.2) is 18.3 Å². The molecule has 3 heteroatoms. The van der Waals surface area contributed by atoms with Gasteiger partial charge in [-0.1, -0.05) is 26.8 Å². The molecule has 2 heterocycles. The fraction of sp³-hybridized carbons (Fsp3) is 0.667. The van der Waals surface area contributed by atoms with Gasteiger partial charge in [0.05, 0.1) is 0 Å². The van der Waals surface area contributed by atoms with Gasteiger partial charge in [-0.2, -0.15) is 0 Å². The van der Waals surface area contributed by atoms with E-state index in [1.807, 2.05) is 6.20 Å². The summed E-state index contributed by atoms with van der Waals surface area (Å²) in [5, 5.41) is 3.48. The van der Waals surface area contributed by atoms with Crippen LogP contribution in [0.1, 0.15) is 39.2 Å². The average Bonchev–Trinajstić information content (AvgIpc) is 2.82. The highest BCUT2D eigenvalue weighted by Crippen LogP contribution is 2.17. The van der Waals surface area contributed by atoms with E-state index in [0.717, 1.165) is 32.0 Å². The van der Waals surface area contributed by atoms with E-state index >= 15 is 0 Å². The first-order chi connectivity index (χ1) is 8.54. The number of anilines is 1. The maximum atomic E-state index is 4.56. The molecule has 1 aliphatic heterocycles. The number of aromatic nitrogens is 1. The van der Waals surface area contributed by atoms with Crippen molar-refractivity contribution in [2.45, 2.75) is 40.2 Å². The molecule has 0 aliphatic carbocycles. The quantitative estimate of drug-likeness (QED) is 0.887. The molecule has 0 unspecified atom stereocenters. The first-order valence-electron chi connectivity index (χ1n) is 6.95. The molecule has 2 rings (SSSR count). The highest BCUT2D eigenvalue weighted by Gasteiger charge is 2.13. The molecule has 18 heavy (non-hydrogen) atoms. The third kappa shape index (κ3) is 3.98. The molecule has 1 aromatic rings. The van der Waals surface area contributed by atoms with Crippen molar-refractivity contribution in [3.05, 3.63) is 23.9 Å². The molecule has 0 amide bonds. The lowest BCUT2D eigenvalue weighted by molar-refractivity contribution is 0.379. The predicted molar refractivity (Wildman–Crippen MR) is 76.8 cm³/mol. The van der Waals surface area contributed by atoms with Gasteiger partial charge in [0.1, 0.15) is 5.82 Å². The van der Waals surface area contributed by atoms with Gasteiger partial charge in [0.15, 0.2) is 0 Å². The van der Waals surface area contributed by atoms with Crippen LogP contribution in [-0.4, -0.2) is 24.6 Å². The maximum absolute atomic E-state index is 4.56. The lowest BCUT2D eigenvalue weighted by atomic mass is 9.97. The van der Waals surface area contributed by atoms with Crippen molar-refractivity contribution in [1.29, 1.82) is 0 Å². The van der Waals surface area contributed by atoms with Gasteiger partial charge in [-0.3, -0.25) is 0 Å². The molecule has 0 atom stereocenters. The molecule has 0 radical (unpaired) electrons. The number of rotatable bonds is 4. The second-order valence-corrected chi connectivity index (χ2v) is 6.38. The van der Waals surface area contributed by atoms with Gasteiger partial charge < -0.3 is 10.2 Å². The first kappa shape index (κ1) is 13.3. The molecule has 0 saturated carbocycles. The van der Waals surface area contributed by atoms with Crippen LogP contribution in [0.25, 0.3) is 0 Å². The molecule has 1 fully saturated rings. The Kier molecular flexibility index (Phi) is 4.23. The van der Waals surface area contributed by atoms with Crippen LogP contribution in [0.3, 0.4) is 0 Å². The summed E-state index contributed by atoms with van der Waals surface area (Å²) < 4.78 is 0. The number of pyridine rings is 1. The second kappa shape index (κ2) is 5.70. The van der Waals surface area contributed by atoms with Gasteiger partial charge in [-0.25, -0.2) is 4.98 Å². The summed E-state index contributed by atoms with van der Waals surface area (Å²) in [5.41, 5.74) is 1.60. The van der Waals surface area contributed by atoms with Crippen molar-refractivity contribution in [2.75, 3.05) is 24.5 Å². The Balaban J connectivity index is 1.84. The first-order valence-corrected chi connectivity index (χ1v) is 6.95. The van der Waals surface area contributed by atoms with Gasteiger partial charge in [0.2, 0.25) is 0 Å². The van der Waals surface area contributed by atoms with Crippen LogP contribution in [0.5, 0.6) is 0 Å². The Morgan fingerprint density at radius 3 is 2.50 bits per heavy atom. The highest BCUT2D eigenvalue weighted by molar-refractivity contribution is 5.40. The van der Waals surface area contributed by atoms with E-state index < -0.39 is 0 Å². The summed E-state index contributed by atoms with van der Waals surface area (Å²) in [6, 6.07) is 4.34. The van der Waals surface area contributed by atoms with Gasteiger partial charge in [0, 0.05) is 32.4 Å². The molecular weight excluding hydrogens is 222 g/mol. The highest BCUT2D eigenvalue weighted by atomic mass is 15.2. The minimum absolute atomic E-state index is 0.336. The fourth-order valence-electron chi connectivity index (χ4n) is 2.24. The number of hydrogen-bond acceptors (Lipinski definition) is 3. The maximum Gasteiger partial charge on any atom is 0.128 e. The molecule has 0 bridgehead atoms. The Hall–Kier alpha value is -1.09. The van der Waals surface area contributed by atoms with E-state index in [-0.39, 0.29) is 0 Å². The van der Waals surface area contributed by atoms with Gasteiger partial charge in [0.25, 0.3) is 0 Å². The van der Waals surface area contributed by atoms with E-state index in [2.05, 4.69) is 48.1 Å². The van der Waals surface area contributed by atoms with Crippen molar-refractivity contribution in [1.82, 2.24) is 10.3 Å². The minimum atomic E-state index is 0.336. The Morgan fingerprint density at radius 1 is 1.22 bits per heavy atom. The smallest absolute Gasteiger partial charge is 0.128 e. The number of nitrogens with zero attached hydrogens (tertiary/aromatic N) is 2. The Labute approximate surface area is 111 Å². The standard InChI is InChI=1S/C15H25N3/c1-15(2,3)12-16-10-13-6-7-14(17-11-13)18-8-4-5-9-18/h6-7,11,16H,4-5,8-10,12H2,1-3H3. The topological polar surface area (TPSA) is 28.2 Å². The Morgan fingerprint density at radius 2 is 1.94 bits per heavy atom. The van der Waals surface area contributed by atoms with Crippen molar-refractivity contribution in [3.63, 3.8) is 0 Å². The van der Waals surface area contributed by atoms with Gasteiger partial charge in [-0.15, -0.1) is 0 Å². The zero-order valence-electron chi connectivity index (χ0n) is 11.9. The summed E-state index contributed by atoms with van der Waals surface area (Å²) >= 11 is 0. The van der Waals surface area contributed by atoms with E-state index in [1.54, 1.807) is 0 Å². The van der Waals surface area contributed by atoms with Crippen LogP contribution in [-0.2, 0) is 6.54 Å². The van der Waals surface area contributed by atoms with Crippen molar-refractivity contribution < 1.29 is 0 Å². The second-order valence-electron chi connectivity index (χ2n) is 6.38. The van der Waals surface area contributed by atoms with Crippen molar-refractivity contribution in [3.8, 4) is 0 Å². The monoisotopic (exact) mass is 247 g/mol. The molecule has 0 spiro atoms. The predicted octanol–water partition coefficient (Wildman–Crippen LogP) is 2.82. The summed E-state index contributed by atoms with van der Waals surface area (Å²) in [4.78, 5) is 6.93. The van der Waals surface area contributed by atoms with Crippen LogP contribution in [0.2, 0.25) is 0 Å². The SMILES string of the molecule is CC(C)(C)CNCc1ccc(N2CCCC2)nc1. The van der Waals surface area contributed by atoms with Crippen LogP contribution in [0.4, 0.5) is 5.82 Å². The number of nitrogens with one attached hydrogen (secondary N) is 1. The van der Waals surface area contributed by atoms with Crippen molar-refractivity contribution in [2.24, 2.45) is 5.41 Å². The molecule has 1 aliphatic rings. The van der Waals surface area contributed by atoms with E-state index in [9.17, 15) is 0 Å². The molecule has 1 aromatic heterocycles. The third-order valence-electron chi connectivity index (χ3n) is 3.22. The Bertz CT molecular complexity index is 358. The summed E-state index contributed by atoms with van der Waals surface area (Å²) in [6.45, 7) is 11.0. The normalized spacial score (nSPS) is 16.3. The minimum Gasteiger partial charge on any atom is -0.357 e. The summed E-state index contributed by atoms with van der Waals surface area (Å²) in [5.74, 6) is 1.13. The van der Waals surface area contributed by atoms with E-state index in [4.69, 9.17) is 0 Å². The fourth-order valence-corrected chi connectivity index (χ4v) is 2.24. The zero-order chi connectivity index (χ0) is 13.0. The van der Waals surface area contributed by atoms with Crippen LogP contribution >= 0.6 is 0 Å². The molecule has 0 aromatic carbocycles. The van der Waals surface area contributed by atoms with Gasteiger partial charge in [-0.05, 0) is 29.9 Å². The number of hydrogen-bond donors (Lipinski definition) is 1. The largest absolute Gasteiger partial charge is 0.357 e. The lowest BCUT2D eigenvalue weighted by Crippen LogP contribution is -2.26. The lowest BCUT2D eigenvalue weighted by Gasteiger charge is -2.19. The molecular formula is C15H25N3. The summed E-state index contributed by atoms with van der Waals surface area (Å²) in [7, 11) is 0. The van der Waals surface area contributed by atoms with Crippen LogP contribution in [0, 0.1) is 5.41 Å². The van der Waals surface area contributed by atoms with E-state index in [1.165, 1.54) is 18.4 Å². The van der Waals surface area contributed by atoms with Gasteiger partial charge >= 0.3 is 0 Å². The zero-order valence-corrected chi connectivity index (χ0v) is 11.9. The molecule has 3 nitrogen and oxygen atoms in total. The van der Waals surface area contributed by atoms with E-state index in [0.29, 0.717) is 5.41 Å². The van der Waals surface area contributed by atoms with Crippen molar-refractivity contribution >= 4 is 5.82 Å².